The number of nitrogens with zero attached hydrogens (tertiary/aromatic N) is 2. The number of ether oxygens (including phenoxy) is 1. The molecule has 1 aliphatic rings. The van der Waals surface area contributed by atoms with Crippen molar-refractivity contribution in [1.82, 2.24) is 4.98 Å². The SMILES string of the molecule is CCN(CC1CCCO1)c1ncccc1[C@@H](C)O. The molecule has 100 valence electrons. The number of anilines is 1. The molecule has 1 aliphatic heterocycles. The fourth-order valence-corrected chi connectivity index (χ4v) is 2.40. The lowest BCUT2D eigenvalue weighted by Gasteiger charge is -2.27. The largest absolute Gasteiger partial charge is 0.389 e. The average Bonchev–Trinajstić information content (AvgIpc) is 2.88. The quantitative estimate of drug-likeness (QED) is 0.869. The highest BCUT2D eigenvalue weighted by Gasteiger charge is 2.21. The third kappa shape index (κ3) is 3.00. The fourth-order valence-electron chi connectivity index (χ4n) is 2.40. The third-order valence-corrected chi connectivity index (χ3v) is 3.40. The molecule has 0 amide bonds. The maximum Gasteiger partial charge on any atom is 0.134 e. The monoisotopic (exact) mass is 250 g/mol. The second kappa shape index (κ2) is 6.16. The molecular formula is C14H22N2O2. The van der Waals surface area contributed by atoms with Crippen LogP contribution in [0.25, 0.3) is 0 Å². The lowest BCUT2D eigenvalue weighted by molar-refractivity contribution is 0.115. The Kier molecular flexibility index (Phi) is 4.55. The molecule has 2 atom stereocenters. The van der Waals surface area contributed by atoms with Gasteiger partial charge in [-0.25, -0.2) is 4.98 Å². The molecule has 1 aromatic heterocycles. The Labute approximate surface area is 109 Å². The molecule has 2 heterocycles. The van der Waals surface area contributed by atoms with Crippen molar-refractivity contribution < 1.29 is 9.84 Å². The normalized spacial score (nSPS) is 20.9. The van der Waals surface area contributed by atoms with Crippen molar-refractivity contribution in [2.45, 2.75) is 38.9 Å². The van der Waals surface area contributed by atoms with Crippen molar-refractivity contribution >= 4 is 5.82 Å². The Balaban J connectivity index is 2.15. The minimum atomic E-state index is -0.493. The Morgan fingerprint density at radius 1 is 1.61 bits per heavy atom. The number of likely N-dealkylation sites (N-methyl/N-ethyl adjacent to an activating group) is 1. The number of hydrogen-bond donors (Lipinski definition) is 1. The van der Waals surface area contributed by atoms with Crippen molar-refractivity contribution in [3.63, 3.8) is 0 Å². The summed E-state index contributed by atoms with van der Waals surface area (Å²) in [5.74, 6) is 0.880. The molecule has 1 unspecified atom stereocenters. The van der Waals surface area contributed by atoms with Gasteiger partial charge >= 0.3 is 0 Å². The molecule has 1 N–H and O–H groups in total. The molecule has 0 aliphatic carbocycles. The summed E-state index contributed by atoms with van der Waals surface area (Å²) in [4.78, 5) is 6.62. The highest BCUT2D eigenvalue weighted by atomic mass is 16.5. The van der Waals surface area contributed by atoms with Crippen LogP contribution in [-0.2, 0) is 4.74 Å². The summed E-state index contributed by atoms with van der Waals surface area (Å²) < 4.78 is 5.68. The van der Waals surface area contributed by atoms with Gasteiger partial charge in [0.05, 0.1) is 12.2 Å². The molecular weight excluding hydrogens is 228 g/mol. The number of aromatic nitrogens is 1. The summed E-state index contributed by atoms with van der Waals surface area (Å²) in [6.45, 7) is 6.48. The van der Waals surface area contributed by atoms with Crippen LogP contribution in [0.15, 0.2) is 18.3 Å². The molecule has 1 fully saturated rings. The van der Waals surface area contributed by atoms with Crippen LogP contribution in [0, 0.1) is 0 Å². The molecule has 18 heavy (non-hydrogen) atoms. The molecule has 0 aromatic carbocycles. The Morgan fingerprint density at radius 3 is 3.06 bits per heavy atom. The van der Waals surface area contributed by atoms with Crippen molar-refractivity contribution in [2.24, 2.45) is 0 Å². The first kappa shape index (κ1) is 13.3. The van der Waals surface area contributed by atoms with Gasteiger partial charge in [0, 0.05) is 31.5 Å². The Bertz CT molecular complexity index is 376. The molecule has 1 saturated heterocycles. The van der Waals surface area contributed by atoms with Gasteiger partial charge in [-0.15, -0.1) is 0 Å². The lowest BCUT2D eigenvalue weighted by atomic mass is 10.1. The van der Waals surface area contributed by atoms with E-state index in [9.17, 15) is 5.11 Å². The van der Waals surface area contributed by atoms with Crippen LogP contribution in [0.2, 0.25) is 0 Å². The summed E-state index contributed by atoms with van der Waals surface area (Å²) in [7, 11) is 0. The summed E-state index contributed by atoms with van der Waals surface area (Å²) in [5.41, 5.74) is 0.886. The minimum absolute atomic E-state index is 0.300. The van der Waals surface area contributed by atoms with Crippen LogP contribution in [0.3, 0.4) is 0 Å². The number of rotatable bonds is 5. The molecule has 1 aromatic rings. The second-order valence-electron chi connectivity index (χ2n) is 4.77. The zero-order valence-corrected chi connectivity index (χ0v) is 11.2. The van der Waals surface area contributed by atoms with Gasteiger partial charge in [0.2, 0.25) is 0 Å². The van der Waals surface area contributed by atoms with Crippen molar-refractivity contribution in [1.29, 1.82) is 0 Å². The first-order valence-electron chi connectivity index (χ1n) is 6.72. The summed E-state index contributed by atoms with van der Waals surface area (Å²) in [6.07, 6.45) is 3.85. The van der Waals surface area contributed by atoms with Crippen LogP contribution in [-0.4, -0.2) is 35.9 Å². The van der Waals surface area contributed by atoms with Gasteiger partial charge in [-0.1, -0.05) is 6.07 Å². The first-order valence-corrected chi connectivity index (χ1v) is 6.72. The van der Waals surface area contributed by atoms with Crippen LogP contribution in [0.5, 0.6) is 0 Å². The number of pyridine rings is 1. The molecule has 0 saturated carbocycles. The molecule has 4 nitrogen and oxygen atoms in total. The lowest BCUT2D eigenvalue weighted by Crippen LogP contribution is -2.33. The van der Waals surface area contributed by atoms with Gasteiger partial charge in [-0.3, -0.25) is 0 Å². The average molecular weight is 250 g/mol. The summed E-state index contributed by atoms with van der Waals surface area (Å²) >= 11 is 0. The van der Waals surface area contributed by atoms with E-state index < -0.39 is 6.10 Å². The number of aliphatic hydroxyl groups excluding tert-OH is 1. The van der Waals surface area contributed by atoms with Crippen LogP contribution in [0.1, 0.15) is 38.4 Å². The van der Waals surface area contributed by atoms with Crippen LogP contribution < -0.4 is 4.90 Å². The first-order chi connectivity index (χ1) is 8.72. The number of aliphatic hydroxyl groups is 1. The minimum Gasteiger partial charge on any atom is -0.389 e. The van der Waals surface area contributed by atoms with E-state index in [1.807, 2.05) is 12.1 Å². The van der Waals surface area contributed by atoms with E-state index in [2.05, 4.69) is 16.8 Å². The van der Waals surface area contributed by atoms with Gasteiger partial charge in [-0.05, 0) is 32.8 Å². The highest BCUT2D eigenvalue weighted by molar-refractivity contribution is 5.47. The summed E-state index contributed by atoms with van der Waals surface area (Å²) in [5, 5.41) is 9.81. The van der Waals surface area contributed by atoms with Crippen molar-refractivity contribution in [2.75, 3.05) is 24.6 Å². The predicted octanol–water partition coefficient (Wildman–Crippen LogP) is 2.14. The summed E-state index contributed by atoms with van der Waals surface area (Å²) in [6, 6.07) is 3.80. The van der Waals surface area contributed by atoms with Crippen molar-refractivity contribution in [3.8, 4) is 0 Å². The van der Waals surface area contributed by atoms with Gasteiger partial charge in [0.25, 0.3) is 0 Å². The zero-order valence-electron chi connectivity index (χ0n) is 11.2. The maximum absolute atomic E-state index is 9.81. The molecule has 2 rings (SSSR count). The molecule has 0 spiro atoms. The molecule has 4 heteroatoms. The smallest absolute Gasteiger partial charge is 0.134 e. The third-order valence-electron chi connectivity index (χ3n) is 3.40. The van der Waals surface area contributed by atoms with Crippen molar-refractivity contribution in [3.05, 3.63) is 23.9 Å². The van der Waals surface area contributed by atoms with Gasteiger partial charge in [0.15, 0.2) is 0 Å². The topological polar surface area (TPSA) is 45.6 Å². The van der Waals surface area contributed by atoms with E-state index in [0.29, 0.717) is 6.10 Å². The van der Waals surface area contributed by atoms with E-state index in [0.717, 1.165) is 43.9 Å². The Morgan fingerprint density at radius 2 is 2.44 bits per heavy atom. The fraction of sp³-hybridized carbons (Fsp3) is 0.643. The standard InChI is InChI=1S/C14H22N2O2/c1-3-16(10-12-6-5-9-18-12)14-13(11(2)17)7-4-8-15-14/h4,7-8,11-12,17H,3,5-6,9-10H2,1-2H3/t11-,12?/m1/s1. The van der Waals surface area contributed by atoms with E-state index in [1.165, 1.54) is 0 Å². The maximum atomic E-state index is 9.81. The highest BCUT2D eigenvalue weighted by Crippen LogP contribution is 2.25. The zero-order chi connectivity index (χ0) is 13.0. The van der Waals surface area contributed by atoms with E-state index >= 15 is 0 Å². The number of hydrogen-bond acceptors (Lipinski definition) is 4. The molecule has 0 bridgehead atoms. The Hall–Kier alpha value is -1.13. The van der Waals surface area contributed by atoms with E-state index in [1.54, 1.807) is 13.1 Å². The second-order valence-corrected chi connectivity index (χ2v) is 4.77. The van der Waals surface area contributed by atoms with E-state index in [4.69, 9.17) is 4.74 Å². The molecule has 0 radical (unpaired) electrons. The van der Waals surface area contributed by atoms with Crippen LogP contribution >= 0.6 is 0 Å². The van der Waals surface area contributed by atoms with Gasteiger partial charge < -0.3 is 14.7 Å². The van der Waals surface area contributed by atoms with E-state index in [-0.39, 0.29) is 0 Å². The predicted molar refractivity (Wildman–Crippen MR) is 71.7 cm³/mol. The van der Waals surface area contributed by atoms with Crippen LogP contribution in [0.4, 0.5) is 5.82 Å². The van der Waals surface area contributed by atoms with Gasteiger partial charge in [-0.2, -0.15) is 0 Å². The van der Waals surface area contributed by atoms with Gasteiger partial charge in [0.1, 0.15) is 5.82 Å².